The van der Waals surface area contributed by atoms with Gasteiger partial charge in [0.15, 0.2) is 0 Å². The zero-order chi connectivity index (χ0) is 9.68. The number of hydrogen-bond donors (Lipinski definition) is 2. The van der Waals surface area contributed by atoms with Gasteiger partial charge in [-0.1, -0.05) is 12.1 Å². The van der Waals surface area contributed by atoms with Crippen molar-refractivity contribution in [3.63, 3.8) is 0 Å². The van der Waals surface area contributed by atoms with E-state index in [1.54, 1.807) is 12.1 Å². The van der Waals surface area contributed by atoms with Gasteiger partial charge in [0.1, 0.15) is 0 Å². The van der Waals surface area contributed by atoms with Gasteiger partial charge in [-0.15, -0.1) is 12.6 Å². The van der Waals surface area contributed by atoms with Gasteiger partial charge in [0.2, 0.25) is 6.41 Å². The molecule has 0 spiro atoms. The topological polar surface area (TPSA) is 40.5 Å². The Labute approximate surface area is 82.4 Å². The minimum Gasteiger partial charge on any atom is -0.395 e. The Balaban J connectivity index is 2.90. The molecule has 1 N–H and O–H groups in total. The molecule has 13 heavy (non-hydrogen) atoms. The number of rotatable bonds is 4. The molecule has 3 nitrogen and oxygen atoms in total. The number of hydrogen-bond acceptors (Lipinski definition) is 3. The van der Waals surface area contributed by atoms with Gasteiger partial charge < -0.3 is 10.0 Å². The fraction of sp³-hybridized carbons (Fsp3) is 0.222. The highest BCUT2D eigenvalue weighted by atomic mass is 32.1. The lowest BCUT2D eigenvalue weighted by Gasteiger charge is -2.17. The monoisotopic (exact) mass is 197 g/mol. The van der Waals surface area contributed by atoms with Crippen molar-refractivity contribution >= 4 is 24.7 Å². The standard InChI is InChI=1S/C9H11NO2S/c11-6-5-10(7-12)8-3-1-2-4-9(8)13/h1-4,7,11,13H,5-6H2. The zero-order valence-electron chi connectivity index (χ0n) is 7.05. The molecule has 1 aromatic carbocycles. The van der Waals surface area contributed by atoms with Gasteiger partial charge in [-0.2, -0.15) is 0 Å². The number of para-hydroxylation sites is 1. The molecule has 1 aromatic rings. The molecular formula is C9H11NO2S. The molecule has 0 radical (unpaired) electrons. The van der Waals surface area contributed by atoms with E-state index in [0.29, 0.717) is 13.0 Å². The molecule has 0 aromatic heterocycles. The van der Waals surface area contributed by atoms with E-state index < -0.39 is 0 Å². The maximum Gasteiger partial charge on any atom is 0.214 e. The number of carbonyl (C=O) groups excluding carboxylic acids is 1. The zero-order valence-corrected chi connectivity index (χ0v) is 7.95. The Morgan fingerprint density at radius 1 is 1.46 bits per heavy atom. The van der Waals surface area contributed by atoms with Gasteiger partial charge in [0.25, 0.3) is 0 Å². The largest absolute Gasteiger partial charge is 0.395 e. The van der Waals surface area contributed by atoms with Crippen LogP contribution in [0.2, 0.25) is 0 Å². The Morgan fingerprint density at radius 2 is 2.15 bits per heavy atom. The van der Waals surface area contributed by atoms with Crippen molar-refractivity contribution in [3.05, 3.63) is 24.3 Å². The van der Waals surface area contributed by atoms with E-state index in [4.69, 9.17) is 5.11 Å². The summed E-state index contributed by atoms with van der Waals surface area (Å²) in [5, 5.41) is 8.69. The smallest absolute Gasteiger partial charge is 0.214 e. The summed E-state index contributed by atoms with van der Waals surface area (Å²) in [5.74, 6) is 0. The second-order valence-corrected chi connectivity index (χ2v) is 2.99. The minimum atomic E-state index is -0.0547. The number of carbonyl (C=O) groups is 1. The van der Waals surface area contributed by atoms with Crippen molar-refractivity contribution in [2.24, 2.45) is 0 Å². The van der Waals surface area contributed by atoms with E-state index in [-0.39, 0.29) is 6.61 Å². The number of anilines is 1. The Morgan fingerprint density at radius 3 is 2.69 bits per heavy atom. The first kappa shape index (κ1) is 10.1. The molecule has 0 unspecified atom stereocenters. The molecular weight excluding hydrogens is 186 g/mol. The third-order valence-corrected chi connectivity index (χ3v) is 2.04. The molecule has 0 aliphatic rings. The summed E-state index contributed by atoms with van der Waals surface area (Å²) >= 11 is 4.20. The van der Waals surface area contributed by atoms with Gasteiger partial charge >= 0.3 is 0 Å². The van der Waals surface area contributed by atoms with Crippen molar-refractivity contribution in [1.82, 2.24) is 0 Å². The lowest BCUT2D eigenvalue weighted by atomic mass is 10.3. The Hall–Kier alpha value is -1.00. The van der Waals surface area contributed by atoms with E-state index in [2.05, 4.69) is 12.6 Å². The van der Waals surface area contributed by atoms with E-state index in [1.807, 2.05) is 12.1 Å². The molecule has 0 atom stereocenters. The highest BCUT2D eigenvalue weighted by molar-refractivity contribution is 7.80. The lowest BCUT2D eigenvalue weighted by molar-refractivity contribution is -0.107. The number of thiol groups is 1. The van der Waals surface area contributed by atoms with Crippen LogP contribution in [0.5, 0.6) is 0 Å². The second-order valence-electron chi connectivity index (χ2n) is 2.51. The van der Waals surface area contributed by atoms with Crippen molar-refractivity contribution in [2.45, 2.75) is 4.90 Å². The molecule has 1 rings (SSSR count). The summed E-state index contributed by atoms with van der Waals surface area (Å²) in [6.07, 6.45) is 0.686. The average molecular weight is 197 g/mol. The van der Waals surface area contributed by atoms with Crippen LogP contribution < -0.4 is 4.90 Å². The SMILES string of the molecule is O=CN(CCO)c1ccccc1S. The average Bonchev–Trinajstić information content (AvgIpc) is 2.16. The first-order valence-electron chi connectivity index (χ1n) is 3.90. The first-order chi connectivity index (χ1) is 6.29. The van der Waals surface area contributed by atoms with E-state index in [1.165, 1.54) is 4.90 Å². The van der Waals surface area contributed by atoms with Crippen LogP contribution >= 0.6 is 12.6 Å². The fourth-order valence-corrected chi connectivity index (χ4v) is 1.33. The summed E-state index contributed by atoms with van der Waals surface area (Å²) in [6.45, 7) is 0.238. The van der Waals surface area contributed by atoms with Gasteiger partial charge in [0, 0.05) is 11.4 Å². The van der Waals surface area contributed by atoms with Gasteiger partial charge in [-0.3, -0.25) is 4.79 Å². The highest BCUT2D eigenvalue weighted by Crippen LogP contribution is 2.21. The summed E-state index contributed by atoms with van der Waals surface area (Å²) in [6, 6.07) is 7.25. The summed E-state index contributed by atoms with van der Waals surface area (Å²) in [5.41, 5.74) is 0.717. The van der Waals surface area contributed by atoms with Crippen LogP contribution in [0.15, 0.2) is 29.2 Å². The summed E-state index contributed by atoms with van der Waals surface area (Å²) in [4.78, 5) is 12.8. The van der Waals surface area contributed by atoms with Crippen LogP contribution in [0.25, 0.3) is 0 Å². The number of aliphatic hydroxyl groups is 1. The number of amides is 1. The Bertz CT molecular complexity index is 291. The van der Waals surface area contributed by atoms with Crippen molar-refractivity contribution in [2.75, 3.05) is 18.1 Å². The summed E-state index contributed by atoms with van der Waals surface area (Å²) < 4.78 is 0. The third kappa shape index (κ3) is 2.47. The molecule has 0 aliphatic carbocycles. The second kappa shape index (κ2) is 4.89. The van der Waals surface area contributed by atoms with Crippen LogP contribution in [0.3, 0.4) is 0 Å². The quantitative estimate of drug-likeness (QED) is 0.557. The molecule has 1 amide bonds. The summed E-state index contributed by atoms with van der Waals surface area (Å²) in [7, 11) is 0. The van der Waals surface area contributed by atoms with Gasteiger partial charge in [-0.25, -0.2) is 0 Å². The van der Waals surface area contributed by atoms with E-state index >= 15 is 0 Å². The molecule has 0 fully saturated rings. The third-order valence-electron chi connectivity index (χ3n) is 1.66. The van der Waals surface area contributed by atoms with Crippen LogP contribution in [-0.2, 0) is 4.79 Å². The molecule has 0 bridgehead atoms. The van der Waals surface area contributed by atoms with Crippen molar-refractivity contribution in [1.29, 1.82) is 0 Å². The van der Waals surface area contributed by atoms with Crippen molar-refractivity contribution in [3.8, 4) is 0 Å². The van der Waals surface area contributed by atoms with Gasteiger partial charge in [-0.05, 0) is 12.1 Å². The molecule has 0 saturated heterocycles. The normalized spacial score (nSPS) is 9.69. The highest BCUT2D eigenvalue weighted by Gasteiger charge is 2.06. The molecule has 0 saturated carbocycles. The first-order valence-corrected chi connectivity index (χ1v) is 4.35. The van der Waals surface area contributed by atoms with Crippen LogP contribution in [0.4, 0.5) is 5.69 Å². The molecule has 4 heteroatoms. The Kier molecular flexibility index (Phi) is 3.79. The minimum absolute atomic E-state index is 0.0547. The lowest BCUT2D eigenvalue weighted by Crippen LogP contribution is -2.24. The van der Waals surface area contributed by atoms with Crippen LogP contribution in [0, 0.1) is 0 Å². The maximum absolute atomic E-state index is 10.6. The van der Waals surface area contributed by atoms with Crippen LogP contribution in [-0.4, -0.2) is 24.7 Å². The number of aliphatic hydroxyl groups excluding tert-OH is 1. The molecule has 0 heterocycles. The number of benzene rings is 1. The predicted molar refractivity (Wildman–Crippen MR) is 54.2 cm³/mol. The predicted octanol–water partition coefficient (Wildman–Crippen LogP) is 0.930. The maximum atomic E-state index is 10.6. The number of nitrogens with zero attached hydrogens (tertiary/aromatic N) is 1. The van der Waals surface area contributed by atoms with Crippen molar-refractivity contribution < 1.29 is 9.90 Å². The van der Waals surface area contributed by atoms with E-state index in [0.717, 1.165) is 10.6 Å². The van der Waals surface area contributed by atoms with E-state index in [9.17, 15) is 4.79 Å². The van der Waals surface area contributed by atoms with Gasteiger partial charge in [0.05, 0.1) is 12.3 Å². The fourth-order valence-electron chi connectivity index (χ4n) is 1.04. The van der Waals surface area contributed by atoms with Crippen LogP contribution in [0.1, 0.15) is 0 Å². The molecule has 70 valence electrons. The molecule has 0 aliphatic heterocycles.